The maximum Gasteiger partial charge on any atom is 0.537 e. The first-order chi connectivity index (χ1) is 15.6. The number of benzene rings is 1. The van der Waals surface area contributed by atoms with E-state index in [1.807, 2.05) is 0 Å². The fourth-order valence-corrected chi connectivity index (χ4v) is 8.53. The Hall–Kier alpha value is -0.586. The topological polar surface area (TPSA) is 55.4 Å². The molecule has 1 rings (SSSR count). The molecule has 0 unspecified atom stereocenters. The second kappa shape index (κ2) is 16.9. The van der Waals surface area contributed by atoms with Crippen molar-refractivity contribution in [3.8, 4) is 0 Å². The third kappa shape index (κ3) is 8.98. The summed E-state index contributed by atoms with van der Waals surface area (Å²) in [5, 5.41) is 1.95. The first-order valence-corrected chi connectivity index (χ1v) is 16.0. The highest BCUT2D eigenvalue weighted by Gasteiger charge is 2.47. The van der Waals surface area contributed by atoms with E-state index in [9.17, 15) is 0 Å². The zero-order chi connectivity index (χ0) is 23.7. The molecule has 0 spiro atoms. The summed E-state index contributed by atoms with van der Waals surface area (Å²) in [7, 11) is -6.00. The van der Waals surface area contributed by atoms with Crippen LogP contribution in [0.2, 0.25) is 0 Å². The predicted molar refractivity (Wildman–Crippen MR) is 135 cm³/mol. The van der Waals surface area contributed by atoms with Gasteiger partial charge in [-0.1, -0.05) is 65.8 Å². The number of hydrogen-bond donors (Lipinski definition) is 0. The van der Waals surface area contributed by atoms with Crippen LogP contribution < -0.4 is 10.4 Å². The second-order valence-corrected chi connectivity index (χ2v) is 12.9. The van der Waals surface area contributed by atoms with Crippen LogP contribution in [0.4, 0.5) is 0 Å². The summed E-state index contributed by atoms with van der Waals surface area (Å²) >= 11 is 0. The van der Waals surface area contributed by atoms with E-state index >= 15 is 0 Å². The van der Waals surface area contributed by atoms with Gasteiger partial charge < -0.3 is 26.6 Å². The van der Waals surface area contributed by atoms with E-state index in [4.69, 9.17) is 26.6 Å². The Balaban J connectivity index is 3.34. The monoisotopic (exact) mass is 486 g/mol. The van der Waals surface area contributed by atoms with Gasteiger partial charge >= 0.3 is 17.6 Å². The average Bonchev–Trinajstić information content (AvgIpc) is 2.84. The van der Waals surface area contributed by atoms with Crippen molar-refractivity contribution < 1.29 is 26.6 Å². The molecule has 0 heterocycles. The number of hydrogen-bond acceptors (Lipinski definition) is 6. The quantitative estimate of drug-likeness (QED) is 0.252. The van der Waals surface area contributed by atoms with Crippen LogP contribution in [-0.2, 0) is 26.6 Å². The normalized spacial score (nSPS) is 12.4. The van der Waals surface area contributed by atoms with Crippen LogP contribution in [0.5, 0.6) is 0 Å². The fourth-order valence-electron chi connectivity index (χ4n) is 3.05. The maximum absolute atomic E-state index is 6.30. The molecule has 0 bridgehead atoms. The van der Waals surface area contributed by atoms with Gasteiger partial charge in [-0.3, -0.25) is 0 Å². The summed E-state index contributed by atoms with van der Waals surface area (Å²) in [4.78, 5) is 0. The molecule has 1 aromatic carbocycles. The molecule has 6 nitrogen and oxygen atoms in total. The van der Waals surface area contributed by atoms with Crippen molar-refractivity contribution in [1.29, 1.82) is 0 Å². The van der Waals surface area contributed by atoms with Crippen LogP contribution in [0.15, 0.2) is 24.3 Å². The van der Waals surface area contributed by atoms with Gasteiger partial charge in [-0.2, -0.15) is 0 Å². The molecule has 32 heavy (non-hydrogen) atoms. The summed E-state index contributed by atoms with van der Waals surface area (Å²) in [5.41, 5.74) is 0. The van der Waals surface area contributed by atoms with Gasteiger partial charge in [0.2, 0.25) is 0 Å². The lowest BCUT2D eigenvalue weighted by Gasteiger charge is -2.32. The number of rotatable bonds is 20. The van der Waals surface area contributed by atoms with Gasteiger partial charge in [0, 0.05) is 50.0 Å². The van der Waals surface area contributed by atoms with Crippen molar-refractivity contribution >= 4 is 28.0 Å². The highest BCUT2D eigenvalue weighted by Crippen LogP contribution is 2.16. The van der Waals surface area contributed by atoms with Gasteiger partial charge in [-0.05, 0) is 38.5 Å². The third-order valence-corrected chi connectivity index (χ3v) is 10.2. The van der Waals surface area contributed by atoms with E-state index in [1.54, 1.807) is 0 Å². The molecule has 0 aliphatic rings. The first kappa shape index (κ1) is 29.4. The molecule has 0 saturated heterocycles. The lowest BCUT2D eigenvalue weighted by molar-refractivity contribution is 0.0719. The van der Waals surface area contributed by atoms with E-state index in [2.05, 4.69) is 65.8 Å². The zero-order valence-corrected chi connectivity index (χ0v) is 23.2. The first-order valence-electron chi connectivity index (χ1n) is 12.5. The zero-order valence-electron chi connectivity index (χ0n) is 21.2. The van der Waals surface area contributed by atoms with Gasteiger partial charge in [-0.15, -0.1) is 0 Å². The molecule has 0 aromatic heterocycles. The second-order valence-electron chi connectivity index (χ2n) is 7.78. The molecule has 0 radical (unpaired) electrons. The molecule has 186 valence electrons. The Labute approximate surface area is 198 Å². The molecule has 0 amide bonds. The molecule has 1 aromatic rings. The van der Waals surface area contributed by atoms with Gasteiger partial charge in [0.05, 0.1) is 0 Å². The van der Waals surface area contributed by atoms with Crippen molar-refractivity contribution in [2.45, 2.75) is 80.1 Å². The molecule has 8 heteroatoms. The summed E-state index contributed by atoms with van der Waals surface area (Å²) in [5.74, 6) is 0. The van der Waals surface area contributed by atoms with Crippen molar-refractivity contribution in [2.24, 2.45) is 0 Å². The Kier molecular flexibility index (Phi) is 15.6. The lowest BCUT2D eigenvalue weighted by Crippen LogP contribution is -2.60. The smallest absolute Gasteiger partial charge is 0.370 e. The minimum absolute atomic E-state index is 0.610. The van der Waals surface area contributed by atoms with E-state index in [1.165, 1.54) is 0 Å². The highest BCUT2D eigenvalue weighted by molar-refractivity contribution is 6.77. The maximum atomic E-state index is 6.30. The van der Waals surface area contributed by atoms with Gasteiger partial charge in [-0.25, -0.2) is 0 Å². The third-order valence-electron chi connectivity index (χ3n) is 4.57. The molecule has 0 atom stereocenters. The van der Waals surface area contributed by atoms with E-state index < -0.39 is 17.6 Å². The highest BCUT2D eigenvalue weighted by atomic mass is 28.4. The summed E-state index contributed by atoms with van der Waals surface area (Å²) in [6.07, 6.45) is 5.47. The van der Waals surface area contributed by atoms with Crippen molar-refractivity contribution in [3.63, 3.8) is 0 Å². The predicted octanol–water partition coefficient (Wildman–Crippen LogP) is 4.54. The van der Waals surface area contributed by atoms with Crippen LogP contribution in [0.25, 0.3) is 0 Å². The molecule has 0 fully saturated rings. The lowest BCUT2D eigenvalue weighted by atomic mass is 10.4. The van der Waals surface area contributed by atoms with Crippen molar-refractivity contribution in [1.82, 2.24) is 0 Å². The minimum Gasteiger partial charge on any atom is -0.370 e. The largest absolute Gasteiger partial charge is 0.537 e. The van der Waals surface area contributed by atoms with Crippen LogP contribution >= 0.6 is 0 Å². The Morgan fingerprint density at radius 2 is 0.594 bits per heavy atom. The summed E-state index contributed by atoms with van der Waals surface area (Å²) in [6.45, 7) is 16.3. The average molecular weight is 487 g/mol. The summed E-state index contributed by atoms with van der Waals surface area (Å²) in [6, 6.07) is 8.24. The molecule has 0 N–H and O–H groups in total. The summed E-state index contributed by atoms with van der Waals surface area (Å²) < 4.78 is 37.8. The van der Waals surface area contributed by atoms with Gasteiger partial charge in [0.15, 0.2) is 0 Å². The van der Waals surface area contributed by atoms with Crippen LogP contribution in [-0.4, -0.2) is 57.3 Å². The Morgan fingerprint density at radius 3 is 0.750 bits per heavy atom. The Morgan fingerprint density at radius 1 is 0.406 bits per heavy atom. The van der Waals surface area contributed by atoms with E-state index in [0.29, 0.717) is 39.6 Å². The Bertz CT molecular complexity index is 490. The standard InChI is InChI=1S/C24H46O6Si2/c1-7-17-25-31(26-18-8-2,27-19-9-3)23-13-15-24(16-14-23)32(28-20-10-4,29-21-11-5)30-22-12-6/h13-16H,7-12,17-22H2,1-6H3. The van der Waals surface area contributed by atoms with E-state index in [-0.39, 0.29) is 0 Å². The van der Waals surface area contributed by atoms with Crippen LogP contribution in [0, 0.1) is 0 Å². The molecule has 0 saturated carbocycles. The SMILES string of the molecule is CCCO[Si](OCCC)(OCCC)c1ccc([Si](OCCC)(OCCC)OCCC)cc1. The van der Waals surface area contributed by atoms with Crippen molar-refractivity contribution in [2.75, 3.05) is 39.6 Å². The minimum atomic E-state index is -3.00. The van der Waals surface area contributed by atoms with Gasteiger partial charge in [0.1, 0.15) is 0 Å². The van der Waals surface area contributed by atoms with Crippen molar-refractivity contribution in [3.05, 3.63) is 24.3 Å². The van der Waals surface area contributed by atoms with Crippen LogP contribution in [0.3, 0.4) is 0 Å². The fraction of sp³-hybridized carbons (Fsp3) is 0.750. The molecule has 0 aliphatic heterocycles. The molecular weight excluding hydrogens is 440 g/mol. The molecular formula is C24H46O6Si2. The van der Waals surface area contributed by atoms with Gasteiger partial charge in [0.25, 0.3) is 0 Å². The van der Waals surface area contributed by atoms with E-state index in [0.717, 1.165) is 48.9 Å². The van der Waals surface area contributed by atoms with Crippen LogP contribution in [0.1, 0.15) is 80.1 Å². The molecule has 0 aliphatic carbocycles.